The SMILES string of the molecule is Cc1nc(N)ccc1-c1ccc(Cl)c(F)c1. The number of hydrogen-bond acceptors (Lipinski definition) is 2. The summed E-state index contributed by atoms with van der Waals surface area (Å²) in [6.07, 6.45) is 0. The highest BCUT2D eigenvalue weighted by Crippen LogP contribution is 2.26. The zero-order chi connectivity index (χ0) is 11.7. The van der Waals surface area contributed by atoms with E-state index < -0.39 is 5.82 Å². The summed E-state index contributed by atoms with van der Waals surface area (Å²) < 4.78 is 13.3. The molecule has 1 heterocycles. The van der Waals surface area contributed by atoms with E-state index in [-0.39, 0.29) is 5.02 Å². The van der Waals surface area contributed by atoms with Crippen LogP contribution in [0.5, 0.6) is 0 Å². The van der Waals surface area contributed by atoms with Gasteiger partial charge in [0.25, 0.3) is 0 Å². The summed E-state index contributed by atoms with van der Waals surface area (Å²) in [5.74, 6) is 0.0195. The molecule has 0 amide bonds. The number of rotatable bonds is 1. The lowest BCUT2D eigenvalue weighted by atomic mass is 10.0. The van der Waals surface area contributed by atoms with Gasteiger partial charge in [-0.1, -0.05) is 17.7 Å². The number of nitrogens with two attached hydrogens (primary N) is 1. The maximum Gasteiger partial charge on any atom is 0.142 e. The van der Waals surface area contributed by atoms with Crippen molar-refractivity contribution in [2.45, 2.75) is 6.92 Å². The van der Waals surface area contributed by atoms with Gasteiger partial charge in [-0.05, 0) is 36.8 Å². The topological polar surface area (TPSA) is 38.9 Å². The maximum absolute atomic E-state index is 13.3. The van der Waals surface area contributed by atoms with Crippen molar-refractivity contribution in [1.29, 1.82) is 0 Å². The number of halogens is 2. The van der Waals surface area contributed by atoms with Gasteiger partial charge in [0.05, 0.1) is 5.02 Å². The van der Waals surface area contributed by atoms with Crippen LogP contribution in [0.15, 0.2) is 30.3 Å². The van der Waals surface area contributed by atoms with E-state index in [2.05, 4.69) is 4.98 Å². The summed E-state index contributed by atoms with van der Waals surface area (Å²) in [5.41, 5.74) is 7.91. The maximum atomic E-state index is 13.3. The van der Waals surface area contributed by atoms with Crippen molar-refractivity contribution in [1.82, 2.24) is 4.98 Å². The lowest BCUT2D eigenvalue weighted by Crippen LogP contribution is -1.94. The van der Waals surface area contributed by atoms with Gasteiger partial charge in [0, 0.05) is 11.3 Å². The number of anilines is 1. The molecule has 0 aliphatic carbocycles. The number of pyridine rings is 1. The first-order valence-corrected chi connectivity index (χ1v) is 5.14. The third-order valence-electron chi connectivity index (χ3n) is 2.34. The molecule has 0 bridgehead atoms. The van der Waals surface area contributed by atoms with E-state index in [1.807, 2.05) is 13.0 Å². The lowest BCUT2D eigenvalue weighted by molar-refractivity contribution is 0.629. The van der Waals surface area contributed by atoms with Gasteiger partial charge in [0.15, 0.2) is 0 Å². The van der Waals surface area contributed by atoms with Crippen LogP contribution in [0, 0.1) is 12.7 Å². The second-order valence-corrected chi connectivity index (χ2v) is 3.91. The number of benzene rings is 1. The largest absolute Gasteiger partial charge is 0.384 e. The number of nitrogen functional groups attached to an aromatic ring is 1. The molecule has 0 fully saturated rings. The normalized spacial score (nSPS) is 10.4. The first-order valence-electron chi connectivity index (χ1n) is 4.76. The van der Waals surface area contributed by atoms with Crippen molar-refractivity contribution >= 4 is 17.4 Å². The van der Waals surface area contributed by atoms with Crippen molar-refractivity contribution in [2.24, 2.45) is 0 Å². The van der Waals surface area contributed by atoms with Crippen molar-refractivity contribution in [3.63, 3.8) is 0 Å². The zero-order valence-corrected chi connectivity index (χ0v) is 9.42. The number of aromatic nitrogens is 1. The average Bonchev–Trinajstić information content (AvgIpc) is 2.22. The molecule has 16 heavy (non-hydrogen) atoms. The Balaban J connectivity index is 2.54. The van der Waals surface area contributed by atoms with Crippen LogP contribution < -0.4 is 5.73 Å². The Morgan fingerprint density at radius 3 is 2.62 bits per heavy atom. The van der Waals surface area contributed by atoms with Crippen LogP contribution in [0.1, 0.15) is 5.69 Å². The van der Waals surface area contributed by atoms with Crippen LogP contribution in [-0.4, -0.2) is 4.98 Å². The molecule has 0 saturated heterocycles. The Morgan fingerprint density at radius 1 is 1.25 bits per heavy atom. The van der Waals surface area contributed by atoms with Crippen LogP contribution >= 0.6 is 11.6 Å². The molecule has 1 aromatic carbocycles. The molecule has 0 aliphatic heterocycles. The molecule has 2 rings (SSSR count). The minimum absolute atomic E-state index is 0.116. The molecule has 0 radical (unpaired) electrons. The molecule has 82 valence electrons. The first-order chi connectivity index (χ1) is 7.58. The van der Waals surface area contributed by atoms with E-state index in [0.29, 0.717) is 5.82 Å². The van der Waals surface area contributed by atoms with Gasteiger partial charge in [0.1, 0.15) is 11.6 Å². The molecule has 4 heteroatoms. The first kappa shape index (κ1) is 10.9. The molecule has 1 aromatic heterocycles. The van der Waals surface area contributed by atoms with Crippen molar-refractivity contribution < 1.29 is 4.39 Å². The van der Waals surface area contributed by atoms with E-state index in [1.165, 1.54) is 12.1 Å². The third kappa shape index (κ3) is 1.99. The molecule has 0 aliphatic rings. The standard InChI is InChI=1S/C12H10ClFN2/c1-7-9(3-5-12(15)16-7)8-2-4-10(13)11(14)6-8/h2-6H,1H3,(H2,15,16). The molecule has 2 nitrogen and oxygen atoms in total. The van der Waals surface area contributed by atoms with Gasteiger partial charge in [0.2, 0.25) is 0 Å². The second kappa shape index (κ2) is 4.10. The Labute approximate surface area is 97.9 Å². The highest BCUT2D eigenvalue weighted by Gasteiger charge is 2.06. The molecule has 0 spiro atoms. The molecular formula is C12H10ClFN2. The zero-order valence-electron chi connectivity index (χ0n) is 8.67. The molecule has 2 aromatic rings. The van der Waals surface area contributed by atoms with E-state index in [4.69, 9.17) is 17.3 Å². The van der Waals surface area contributed by atoms with Crippen LogP contribution in [0.2, 0.25) is 5.02 Å². The second-order valence-electron chi connectivity index (χ2n) is 3.50. The van der Waals surface area contributed by atoms with Crippen molar-refractivity contribution in [3.05, 3.63) is 46.9 Å². The molecule has 2 N–H and O–H groups in total. The monoisotopic (exact) mass is 236 g/mol. The van der Waals surface area contributed by atoms with Gasteiger partial charge in [-0.2, -0.15) is 0 Å². The fraction of sp³-hybridized carbons (Fsp3) is 0.0833. The summed E-state index contributed by atoms with van der Waals surface area (Å²) in [6, 6.07) is 8.19. The highest BCUT2D eigenvalue weighted by atomic mass is 35.5. The summed E-state index contributed by atoms with van der Waals surface area (Å²) in [6.45, 7) is 1.83. The van der Waals surface area contributed by atoms with Crippen LogP contribution in [0.3, 0.4) is 0 Å². The van der Waals surface area contributed by atoms with Crippen LogP contribution in [0.25, 0.3) is 11.1 Å². The Bertz CT molecular complexity index is 541. The Hall–Kier alpha value is -1.61. The fourth-order valence-corrected chi connectivity index (χ4v) is 1.67. The smallest absolute Gasteiger partial charge is 0.142 e. The fourth-order valence-electron chi connectivity index (χ4n) is 1.55. The Morgan fingerprint density at radius 2 is 2.00 bits per heavy atom. The lowest BCUT2D eigenvalue weighted by Gasteiger charge is -2.06. The number of nitrogens with zero attached hydrogens (tertiary/aromatic N) is 1. The summed E-state index contributed by atoms with van der Waals surface area (Å²) in [7, 11) is 0. The quantitative estimate of drug-likeness (QED) is 0.824. The van der Waals surface area contributed by atoms with E-state index >= 15 is 0 Å². The highest BCUT2D eigenvalue weighted by molar-refractivity contribution is 6.30. The molecule has 0 atom stereocenters. The number of hydrogen-bond donors (Lipinski definition) is 1. The van der Waals surface area contributed by atoms with Crippen LogP contribution in [-0.2, 0) is 0 Å². The summed E-state index contributed by atoms with van der Waals surface area (Å²) in [4.78, 5) is 4.12. The number of aryl methyl sites for hydroxylation is 1. The van der Waals surface area contributed by atoms with Gasteiger partial charge in [-0.15, -0.1) is 0 Å². The molecular weight excluding hydrogens is 227 g/mol. The minimum Gasteiger partial charge on any atom is -0.384 e. The van der Waals surface area contributed by atoms with Gasteiger partial charge in [-0.3, -0.25) is 0 Å². The minimum atomic E-state index is -0.435. The van der Waals surface area contributed by atoms with E-state index in [0.717, 1.165) is 16.8 Å². The predicted octanol–water partition coefficient (Wildman–Crippen LogP) is 3.43. The summed E-state index contributed by atoms with van der Waals surface area (Å²) in [5, 5.41) is 0.116. The van der Waals surface area contributed by atoms with E-state index in [9.17, 15) is 4.39 Å². The van der Waals surface area contributed by atoms with Gasteiger partial charge < -0.3 is 5.73 Å². The van der Waals surface area contributed by atoms with Gasteiger partial charge >= 0.3 is 0 Å². The van der Waals surface area contributed by atoms with Crippen molar-refractivity contribution in [3.8, 4) is 11.1 Å². The van der Waals surface area contributed by atoms with Crippen LogP contribution in [0.4, 0.5) is 10.2 Å². The van der Waals surface area contributed by atoms with Crippen molar-refractivity contribution in [2.75, 3.05) is 5.73 Å². The molecule has 0 unspecified atom stereocenters. The third-order valence-corrected chi connectivity index (χ3v) is 2.64. The van der Waals surface area contributed by atoms with Gasteiger partial charge in [-0.25, -0.2) is 9.37 Å². The summed E-state index contributed by atoms with van der Waals surface area (Å²) >= 11 is 5.62. The Kier molecular flexibility index (Phi) is 2.79. The van der Waals surface area contributed by atoms with E-state index in [1.54, 1.807) is 12.1 Å². The predicted molar refractivity (Wildman–Crippen MR) is 63.8 cm³/mol. The average molecular weight is 237 g/mol. The molecule has 0 saturated carbocycles.